The van der Waals surface area contributed by atoms with Gasteiger partial charge in [0.1, 0.15) is 12.4 Å². The lowest BCUT2D eigenvalue weighted by Gasteiger charge is -2.12. The Morgan fingerprint density at radius 1 is 0.833 bits per heavy atom. The first-order chi connectivity index (χ1) is 14.8. The van der Waals surface area contributed by atoms with Crippen molar-refractivity contribution >= 4 is 10.8 Å². The van der Waals surface area contributed by atoms with Crippen LogP contribution in [0.4, 0.5) is 0 Å². The number of hydrogen-bond acceptors (Lipinski definition) is 4. The average Bonchev–Trinajstić information content (AvgIpc) is 3.33. The predicted octanol–water partition coefficient (Wildman–Crippen LogP) is 5.57. The maximum Gasteiger partial charge on any atom is 0.205 e. The Labute approximate surface area is 174 Å². The Kier molecular flexibility index (Phi) is 4.69. The highest BCUT2D eigenvalue weighted by Gasteiger charge is 2.10. The van der Waals surface area contributed by atoms with Crippen molar-refractivity contribution in [2.45, 2.75) is 13.5 Å². The van der Waals surface area contributed by atoms with Gasteiger partial charge in [0.2, 0.25) is 5.82 Å². The molecular formula is C25H20N4O. The van der Waals surface area contributed by atoms with E-state index in [1.165, 1.54) is 10.9 Å². The minimum atomic E-state index is 0.514. The summed E-state index contributed by atoms with van der Waals surface area (Å²) < 4.78 is 6.18. The van der Waals surface area contributed by atoms with Crippen LogP contribution in [0.2, 0.25) is 0 Å². The highest BCUT2D eigenvalue weighted by Crippen LogP contribution is 2.31. The molecule has 0 unspecified atom stereocenters. The molecule has 0 atom stereocenters. The molecule has 146 valence electrons. The molecular weight excluding hydrogens is 372 g/mol. The van der Waals surface area contributed by atoms with Gasteiger partial charge in [0, 0.05) is 10.9 Å². The molecule has 5 heteroatoms. The maximum absolute atomic E-state index is 6.18. The van der Waals surface area contributed by atoms with E-state index in [4.69, 9.17) is 4.74 Å². The Balaban J connectivity index is 1.39. The molecule has 0 radical (unpaired) electrons. The molecule has 4 aromatic carbocycles. The number of H-pyrrole nitrogens is 1. The summed E-state index contributed by atoms with van der Waals surface area (Å²) in [6, 6.07) is 29.0. The van der Waals surface area contributed by atoms with E-state index in [1.54, 1.807) is 0 Å². The Morgan fingerprint density at radius 3 is 2.40 bits per heavy atom. The van der Waals surface area contributed by atoms with Gasteiger partial charge in [-0.3, -0.25) is 0 Å². The number of hydrogen-bond donors (Lipinski definition) is 1. The van der Waals surface area contributed by atoms with Crippen LogP contribution >= 0.6 is 0 Å². The van der Waals surface area contributed by atoms with E-state index in [9.17, 15) is 0 Å². The number of fused-ring (bicyclic) bond motifs is 1. The second kappa shape index (κ2) is 7.79. The number of nitrogens with zero attached hydrogens (tertiary/aromatic N) is 3. The van der Waals surface area contributed by atoms with Crippen LogP contribution in [0.1, 0.15) is 11.1 Å². The largest absolute Gasteiger partial charge is 0.488 e. The molecule has 5 nitrogen and oxygen atoms in total. The van der Waals surface area contributed by atoms with Gasteiger partial charge >= 0.3 is 0 Å². The molecule has 0 bridgehead atoms. The minimum absolute atomic E-state index is 0.514. The van der Waals surface area contributed by atoms with Crippen LogP contribution in [0.15, 0.2) is 84.9 Å². The van der Waals surface area contributed by atoms with Crippen LogP contribution in [0, 0.1) is 6.92 Å². The van der Waals surface area contributed by atoms with E-state index >= 15 is 0 Å². The predicted molar refractivity (Wildman–Crippen MR) is 118 cm³/mol. The second-order valence-electron chi connectivity index (χ2n) is 7.25. The smallest absolute Gasteiger partial charge is 0.205 e. The summed E-state index contributed by atoms with van der Waals surface area (Å²) in [5.74, 6) is 1.50. The average molecular weight is 392 g/mol. The monoisotopic (exact) mass is 392 g/mol. The zero-order valence-electron chi connectivity index (χ0n) is 16.5. The van der Waals surface area contributed by atoms with Gasteiger partial charge in [0.05, 0.1) is 0 Å². The van der Waals surface area contributed by atoms with E-state index < -0.39 is 0 Å². The minimum Gasteiger partial charge on any atom is -0.488 e. The lowest BCUT2D eigenvalue weighted by atomic mass is 9.98. The zero-order valence-corrected chi connectivity index (χ0v) is 16.5. The summed E-state index contributed by atoms with van der Waals surface area (Å²) in [6.45, 7) is 2.61. The number of aryl methyl sites for hydroxylation is 1. The van der Waals surface area contributed by atoms with E-state index in [0.717, 1.165) is 33.4 Å². The van der Waals surface area contributed by atoms with Gasteiger partial charge in [0.15, 0.2) is 0 Å². The van der Waals surface area contributed by atoms with E-state index in [0.29, 0.717) is 12.4 Å². The fourth-order valence-corrected chi connectivity index (χ4v) is 3.69. The van der Waals surface area contributed by atoms with Gasteiger partial charge in [-0.1, -0.05) is 78.9 Å². The number of aromatic nitrogens is 4. The third-order valence-electron chi connectivity index (χ3n) is 5.14. The molecule has 1 N–H and O–H groups in total. The quantitative estimate of drug-likeness (QED) is 0.424. The lowest BCUT2D eigenvalue weighted by Crippen LogP contribution is -1.97. The normalized spacial score (nSPS) is 11.0. The fraction of sp³-hybridized carbons (Fsp3) is 0.0800. The molecule has 0 saturated heterocycles. The van der Waals surface area contributed by atoms with Gasteiger partial charge < -0.3 is 4.74 Å². The lowest BCUT2D eigenvalue weighted by molar-refractivity contribution is 0.310. The number of nitrogens with one attached hydrogen (secondary N) is 1. The molecule has 0 aliphatic heterocycles. The van der Waals surface area contributed by atoms with Crippen molar-refractivity contribution in [3.63, 3.8) is 0 Å². The maximum atomic E-state index is 6.18. The standard InChI is InChI=1S/C25H20N4O/c1-17-14-20-6-2-3-8-22(20)24(15-17)30-16-18-10-12-19(13-11-18)21-7-4-5-9-23(21)25-26-28-29-27-25/h2-15H,16H2,1H3,(H,26,27,28,29). The van der Waals surface area contributed by atoms with Crippen molar-refractivity contribution in [2.24, 2.45) is 0 Å². The molecule has 0 amide bonds. The van der Waals surface area contributed by atoms with Gasteiger partial charge in [-0.25, -0.2) is 0 Å². The topological polar surface area (TPSA) is 63.7 Å². The first-order valence-electron chi connectivity index (χ1n) is 9.82. The van der Waals surface area contributed by atoms with Crippen LogP contribution in [0.3, 0.4) is 0 Å². The van der Waals surface area contributed by atoms with Gasteiger partial charge in [-0.15, -0.1) is 10.2 Å². The summed E-state index contributed by atoms with van der Waals surface area (Å²) >= 11 is 0. The first-order valence-corrected chi connectivity index (χ1v) is 9.82. The van der Waals surface area contributed by atoms with Crippen LogP contribution in [0.5, 0.6) is 5.75 Å². The van der Waals surface area contributed by atoms with Crippen molar-refractivity contribution in [1.29, 1.82) is 0 Å². The van der Waals surface area contributed by atoms with E-state index in [-0.39, 0.29) is 0 Å². The summed E-state index contributed by atoms with van der Waals surface area (Å²) in [6.07, 6.45) is 0. The molecule has 0 aliphatic rings. The van der Waals surface area contributed by atoms with Crippen LogP contribution < -0.4 is 4.74 Å². The Morgan fingerprint density at radius 2 is 1.60 bits per heavy atom. The molecule has 0 spiro atoms. The van der Waals surface area contributed by atoms with Crippen LogP contribution in [0.25, 0.3) is 33.3 Å². The number of ether oxygens (including phenoxy) is 1. The highest BCUT2D eigenvalue weighted by atomic mass is 16.5. The molecule has 0 saturated carbocycles. The number of tetrazole rings is 1. The molecule has 0 aliphatic carbocycles. The first kappa shape index (κ1) is 18.1. The van der Waals surface area contributed by atoms with Crippen molar-refractivity contribution in [2.75, 3.05) is 0 Å². The summed E-state index contributed by atoms with van der Waals surface area (Å²) in [5, 5.41) is 16.8. The summed E-state index contributed by atoms with van der Waals surface area (Å²) in [4.78, 5) is 0. The van der Waals surface area contributed by atoms with Gasteiger partial charge in [0.25, 0.3) is 0 Å². The highest BCUT2D eigenvalue weighted by molar-refractivity contribution is 5.89. The zero-order chi connectivity index (χ0) is 20.3. The van der Waals surface area contributed by atoms with Crippen molar-refractivity contribution in [3.8, 4) is 28.3 Å². The van der Waals surface area contributed by atoms with Crippen LogP contribution in [-0.2, 0) is 6.61 Å². The Hall–Kier alpha value is -3.99. The third kappa shape index (κ3) is 3.53. The third-order valence-corrected chi connectivity index (χ3v) is 5.14. The molecule has 1 heterocycles. The number of benzene rings is 4. The number of rotatable bonds is 5. The summed E-state index contributed by atoms with van der Waals surface area (Å²) in [7, 11) is 0. The van der Waals surface area contributed by atoms with Crippen molar-refractivity contribution < 1.29 is 4.74 Å². The van der Waals surface area contributed by atoms with E-state index in [1.807, 2.05) is 24.3 Å². The molecule has 30 heavy (non-hydrogen) atoms. The fourth-order valence-electron chi connectivity index (χ4n) is 3.69. The van der Waals surface area contributed by atoms with Crippen molar-refractivity contribution in [1.82, 2.24) is 20.6 Å². The molecule has 1 aromatic heterocycles. The molecule has 5 aromatic rings. The SMILES string of the molecule is Cc1cc(OCc2ccc(-c3ccccc3-c3nn[nH]n3)cc2)c2ccccc2c1. The van der Waals surface area contributed by atoms with Crippen molar-refractivity contribution in [3.05, 3.63) is 96.1 Å². The number of aromatic amines is 1. The van der Waals surface area contributed by atoms with Gasteiger partial charge in [-0.2, -0.15) is 5.21 Å². The summed E-state index contributed by atoms with van der Waals surface area (Å²) in [5.41, 5.74) is 5.41. The Bertz CT molecular complexity index is 1290. The second-order valence-corrected chi connectivity index (χ2v) is 7.25. The molecule has 0 fully saturated rings. The molecule has 5 rings (SSSR count). The van der Waals surface area contributed by atoms with Gasteiger partial charge in [-0.05, 0) is 45.8 Å². The van der Waals surface area contributed by atoms with E-state index in [2.05, 4.69) is 88.2 Å². The van der Waals surface area contributed by atoms with Crippen LogP contribution in [-0.4, -0.2) is 20.6 Å².